The van der Waals surface area contributed by atoms with Crippen LogP contribution in [-0.2, 0) is 0 Å². The Labute approximate surface area is 147 Å². The highest BCUT2D eigenvalue weighted by Gasteiger charge is 2.29. The van der Waals surface area contributed by atoms with Crippen LogP contribution in [0.2, 0.25) is 0 Å². The summed E-state index contributed by atoms with van der Waals surface area (Å²) in [5, 5.41) is 3.74. The summed E-state index contributed by atoms with van der Waals surface area (Å²) in [6.45, 7) is 3.25. The second-order valence-electron chi connectivity index (χ2n) is 7.04. The van der Waals surface area contributed by atoms with E-state index in [1.54, 1.807) is 0 Å². The molecular weight excluding hydrogens is 328 g/mol. The van der Waals surface area contributed by atoms with Gasteiger partial charge in [0.1, 0.15) is 0 Å². The SMILES string of the molecule is CN1CCN(CC[C@H]2CCCCN2C(=O)c2ccn(C(F)F)n2)CC1. The van der Waals surface area contributed by atoms with E-state index in [1.165, 1.54) is 12.3 Å². The normalized spacial score (nSPS) is 23.4. The molecule has 0 unspecified atom stereocenters. The van der Waals surface area contributed by atoms with Crippen molar-refractivity contribution in [3.63, 3.8) is 0 Å². The van der Waals surface area contributed by atoms with Crippen LogP contribution in [0.3, 0.4) is 0 Å². The Morgan fingerprint density at radius 3 is 2.68 bits per heavy atom. The number of alkyl halides is 2. The van der Waals surface area contributed by atoms with E-state index in [2.05, 4.69) is 21.9 Å². The molecular formula is C17H27F2N5O. The topological polar surface area (TPSA) is 44.6 Å². The number of hydrogen-bond acceptors (Lipinski definition) is 4. The predicted molar refractivity (Wildman–Crippen MR) is 90.7 cm³/mol. The zero-order chi connectivity index (χ0) is 17.8. The smallest absolute Gasteiger partial charge is 0.333 e. The van der Waals surface area contributed by atoms with E-state index in [0.717, 1.165) is 58.4 Å². The zero-order valence-corrected chi connectivity index (χ0v) is 14.8. The summed E-state index contributed by atoms with van der Waals surface area (Å²) >= 11 is 0. The van der Waals surface area contributed by atoms with Crippen LogP contribution in [0.5, 0.6) is 0 Å². The van der Waals surface area contributed by atoms with Gasteiger partial charge in [-0.1, -0.05) is 0 Å². The van der Waals surface area contributed by atoms with Gasteiger partial charge in [0.2, 0.25) is 0 Å². The highest BCUT2D eigenvalue weighted by molar-refractivity contribution is 5.92. The van der Waals surface area contributed by atoms with Crippen molar-refractivity contribution in [1.82, 2.24) is 24.5 Å². The van der Waals surface area contributed by atoms with Crippen molar-refractivity contribution in [2.45, 2.75) is 38.3 Å². The van der Waals surface area contributed by atoms with Gasteiger partial charge in [-0.2, -0.15) is 13.9 Å². The van der Waals surface area contributed by atoms with E-state index in [1.807, 2.05) is 4.90 Å². The fourth-order valence-corrected chi connectivity index (χ4v) is 3.68. The van der Waals surface area contributed by atoms with E-state index in [-0.39, 0.29) is 17.6 Å². The Hall–Kier alpha value is -1.54. The first kappa shape index (κ1) is 18.3. The fourth-order valence-electron chi connectivity index (χ4n) is 3.68. The number of nitrogens with zero attached hydrogens (tertiary/aromatic N) is 5. The van der Waals surface area contributed by atoms with E-state index < -0.39 is 6.55 Å². The molecule has 0 N–H and O–H groups in total. The van der Waals surface area contributed by atoms with Gasteiger partial charge in [-0.3, -0.25) is 4.79 Å². The fraction of sp³-hybridized carbons (Fsp3) is 0.765. The number of likely N-dealkylation sites (N-methyl/N-ethyl adjacent to an activating group) is 1. The average Bonchev–Trinajstić information content (AvgIpc) is 3.11. The molecule has 6 nitrogen and oxygen atoms in total. The van der Waals surface area contributed by atoms with Crippen LogP contribution in [0.4, 0.5) is 8.78 Å². The van der Waals surface area contributed by atoms with Crippen molar-refractivity contribution in [2.75, 3.05) is 46.3 Å². The van der Waals surface area contributed by atoms with Gasteiger partial charge in [0.15, 0.2) is 5.69 Å². The third-order valence-corrected chi connectivity index (χ3v) is 5.29. The molecule has 2 aliphatic heterocycles. The molecule has 0 saturated carbocycles. The Balaban J connectivity index is 1.58. The maximum atomic E-state index is 12.7. The molecule has 1 atom stereocenters. The lowest BCUT2D eigenvalue weighted by molar-refractivity contribution is 0.0511. The number of amides is 1. The van der Waals surface area contributed by atoms with Crippen molar-refractivity contribution in [1.29, 1.82) is 0 Å². The van der Waals surface area contributed by atoms with Gasteiger partial charge < -0.3 is 14.7 Å². The Morgan fingerprint density at radius 2 is 2.00 bits per heavy atom. The first-order valence-corrected chi connectivity index (χ1v) is 9.10. The second kappa shape index (κ2) is 8.23. The van der Waals surface area contributed by atoms with Crippen molar-refractivity contribution in [3.8, 4) is 0 Å². The quantitative estimate of drug-likeness (QED) is 0.809. The van der Waals surface area contributed by atoms with Gasteiger partial charge in [-0.25, -0.2) is 4.68 Å². The summed E-state index contributed by atoms with van der Waals surface area (Å²) in [4.78, 5) is 19.3. The van der Waals surface area contributed by atoms with Crippen LogP contribution in [0, 0.1) is 0 Å². The average molecular weight is 355 g/mol. The molecule has 2 aliphatic rings. The molecule has 2 fully saturated rings. The first-order valence-electron chi connectivity index (χ1n) is 9.10. The highest BCUT2D eigenvalue weighted by Crippen LogP contribution is 2.22. The number of aromatic nitrogens is 2. The van der Waals surface area contributed by atoms with Crippen LogP contribution in [-0.4, -0.2) is 82.7 Å². The molecule has 2 saturated heterocycles. The molecule has 1 aromatic heterocycles. The number of hydrogen-bond donors (Lipinski definition) is 0. The van der Waals surface area contributed by atoms with Crippen LogP contribution >= 0.6 is 0 Å². The number of carbonyl (C=O) groups is 1. The van der Waals surface area contributed by atoms with Gasteiger partial charge in [-0.05, 0) is 38.8 Å². The molecule has 1 amide bonds. The number of rotatable bonds is 5. The second-order valence-corrected chi connectivity index (χ2v) is 7.04. The Morgan fingerprint density at radius 1 is 1.24 bits per heavy atom. The number of piperidine rings is 1. The summed E-state index contributed by atoms with van der Waals surface area (Å²) in [6, 6.07) is 1.57. The molecule has 8 heteroatoms. The van der Waals surface area contributed by atoms with Gasteiger partial charge in [-0.15, -0.1) is 0 Å². The van der Waals surface area contributed by atoms with E-state index >= 15 is 0 Å². The molecule has 140 valence electrons. The first-order chi connectivity index (χ1) is 12.0. The van der Waals surface area contributed by atoms with Crippen molar-refractivity contribution >= 4 is 5.91 Å². The molecule has 0 radical (unpaired) electrons. The van der Waals surface area contributed by atoms with E-state index in [9.17, 15) is 13.6 Å². The monoisotopic (exact) mass is 355 g/mol. The lowest BCUT2D eigenvalue weighted by atomic mass is 9.98. The maximum absolute atomic E-state index is 12.7. The van der Waals surface area contributed by atoms with Crippen molar-refractivity contribution < 1.29 is 13.6 Å². The lowest BCUT2D eigenvalue weighted by Gasteiger charge is -2.38. The summed E-state index contributed by atoms with van der Waals surface area (Å²) in [5.41, 5.74) is 0.117. The number of carbonyl (C=O) groups excluding carboxylic acids is 1. The third kappa shape index (κ3) is 4.55. The zero-order valence-electron chi connectivity index (χ0n) is 14.8. The van der Waals surface area contributed by atoms with Crippen molar-refractivity contribution in [3.05, 3.63) is 18.0 Å². The minimum absolute atomic E-state index is 0.117. The third-order valence-electron chi connectivity index (χ3n) is 5.29. The Kier molecular flexibility index (Phi) is 6.01. The van der Waals surface area contributed by atoms with Crippen LogP contribution in [0.25, 0.3) is 0 Å². The van der Waals surface area contributed by atoms with Gasteiger partial charge >= 0.3 is 6.55 Å². The highest BCUT2D eigenvalue weighted by atomic mass is 19.3. The minimum atomic E-state index is -2.71. The summed E-state index contributed by atoms with van der Waals surface area (Å²) in [6.07, 6.45) is 5.16. The molecule has 0 aromatic carbocycles. The molecule has 25 heavy (non-hydrogen) atoms. The molecule has 1 aromatic rings. The standard InChI is InChI=1S/C17H27F2N5O/c1-21-10-12-22(13-11-21)8-5-14-4-2-3-7-23(14)16(25)15-6-9-24(20-15)17(18)19/h6,9,14,17H,2-5,7-8,10-13H2,1H3/t14-/m1/s1. The number of halogens is 2. The van der Waals surface area contributed by atoms with E-state index in [4.69, 9.17) is 0 Å². The van der Waals surface area contributed by atoms with Gasteiger partial charge in [0.25, 0.3) is 5.91 Å². The summed E-state index contributed by atoms with van der Waals surface area (Å²) < 4.78 is 25.9. The predicted octanol–water partition coefficient (Wildman–Crippen LogP) is 1.91. The summed E-state index contributed by atoms with van der Waals surface area (Å²) in [5.74, 6) is -0.220. The molecule has 3 heterocycles. The Bertz CT molecular complexity index is 571. The van der Waals surface area contributed by atoms with Crippen LogP contribution < -0.4 is 0 Å². The largest absolute Gasteiger partial charge is 0.334 e. The van der Waals surface area contributed by atoms with Crippen molar-refractivity contribution in [2.24, 2.45) is 0 Å². The number of likely N-dealkylation sites (tertiary alicyclic amines) is 1. The molecule has 0 bridgehead atoms. The molecule has 3 rings (SSSR count). The lowest BCUT2D eigenvalue weighted by Crippen LogP contribution is -2.48. The minimum Gasteiger partial charge on any atom is -0.334 e. The number of piperazine rings is 1. The maximum Gasteiger partial charge on any atom is 0.333 e. The summed E-state index contributed by atoms with van der Waals surface area (Å²) in [7, 11) is 2.14. The van der Waals surface area contributed by atoms with Crippen LogP contribution in [0.1, 0.15) is 42.7 Å². The molecule has 0 spiro atoms. The van der Waals surface area contributed by atoms with E-state index in [0.29, 0.717) is 11.2 Å². The van der Waals surface area contributed by atoms with Crippen LogP contribution in [0.15, 0.2) is 12.3 Å². The van der Waals surface area contributed by atoms with Gasteiger partial charge in [0, 0.05) is 51.5 Å². The molecule has 0 aliphatic carbocycles. The van der Waals surface area contributed by atoms with Gasteiger partial charge in [0.05, 0.1) is 0 Å².